The molecule has 0 aliphatic carbocycles. The van der Waals surface area contributed by atoms with Gasteiger partial charge in [0, 0.05) is 27.0 Å². The number of amides is 2. The summed E-state index contributed by atoms with van der Waals surface area (Å²) in [4.78, 5) is 39.6. The molecule has 1 aromatic rings. The molecule has 4 rings (SSSR count). The van der Waals surface area contributed by atoms with Gasteiger partial charge in [0.05, 0.1) is 31.0 Å². The molecule has 3 aliphatic rings. The highest BCUT2D eigenvalue weighted by Gasteiger charge is 2.63. The van der Waals surface area contributed by atoms with Gasteiger partial charge in [-0.1, -0.05) is 36.2 Å². The third-order valence-electron chi connectivity index (χ3n) is 7.77. The number of nitrogens with one attached hydrogen (secondary N) is 1. The summed E-state index contributed by atoms with van der Waals surface area (Å²) in [6, 6.07) is 3.68. The van der Waals surface area contributed by atoms with Crippen LogP contribution in [0.25, 0.3) is 0 Å². The molecule has 1 aromatic carbocycles. The largest absolute Gasteiger partial charge is 0.495 e. The average molecular weight is 589 g/mol. The fourth-order valence-corrected chi connectivity index (χ4v) is 5.70. The third kappa shape index (κ3) is 6.60. The van der Waals surface area contributed by atoms with Gasteiger partial charge in [0.1, 0.15) is 34.7 Å². The summed E-state index contributed by atoms with van der Waals surface area (Å²) in [6.07, 6.45) is 4.73. The maximum atomic E-state index is 13.6. The van der Waals surface area contributed by atoms with Gasteiger partial charge >= 0.3 is 12.1 Å². The molecule has 222 valence electrons. The van der Waals surface area contributed by atoms with E-state index in [4.69, 9.17) is 35.3 Å². The van der Waals surface area contributed by atoms with E-state index in [0.29, 0.717) is 28.6 Å². The molecule has 1 fully saturated rings. The number of halogens is 1. The van der Waals surface area contributed by atoms with Crippen molar-refractivity contribution in [1.82, 2.24) is 5.32 Å². The van der Waals surface area contributed by atoms with E-state index in [9.17, 15) is 14.4 Å². The van der Waals surface area contributed by atoms with Gasteiger partial charge in [-0.25, -0.2) is 4.79 Å². The molecule has 2 amide bonds. The molecule has 3 heterocycles. The number of allylic oxidation sites excluding steroid dienone is 3. The lowest BCUT2D eigenvalue weighted by Gasteiger charge is -2.30. The van der Waals surface area contributed by atoms with Crippen molar-refractivity contribution in [3.05, 3.63) is 58.3 Å². The van der Waals surface area contributed by atoms with Crippen LogP contribution >= 0.6 is 11.6 Å². The lowest BCUT2D eigenvalue weighted by Crippen LogP contribution is -2.44. The Bertz CT molecular complexity index is 1310. The lowest BCUT2D eigenvalue weighted by molar-refractivity contribution is -0.151. The summed E-state index contributed by atoms with van der Waals surface area (Å²) in [5, 5.41) is 3.02. The monoisotopic (exact) mass is 588 g/mol. The Morgan fingerprint density at radius 1 is 1.24 bits per heavy atom. The van der Waals surface area contributed by atoms with Crippen LogP contribution < -0.4 is 15.0 Å². The van der Waals surface area contributed by atoms with Crippen molar-refractivity contribution in [1.29, 1.82) is 0 Å². The van der Waals surface area contributed by atoms with Crippen LogP contribution in [-0.4, -0.2) is 69.3 Å². The fraction of sp³-hybridized carbons (Fsp3) is 0.500. The first kappa shape index (κ1) is 30.6. The third-order valence-corrected chi connectivity index (χ3v) is 8.15. The van der Waals surface area contributed by atoms with Gasteiger partial charge < -0.3 is 28.6 Å². The minimum atomic E-state index is -0.985. The minimum absolute atomic E-state index is 0.152. The maximum Gasteiger partial charge on any atom is 0.412 e. The zero-order valence-electron chi connectivity index (χ0n) is 24.4. The van der Waals surface area contributed by atoms with E-state index in [2.05, 4.69) is 5.32 Å². The topological polar surface area (TPSA) is 116 Å². The number of fused-ring (bicyclic) bond motifs is 4. The van der Waals surface area contributed by atoms with E-state index in [1.165, 1.54) is 18.9 Å². The molecule has 41 heavy (non-hydrogen) atoms. The van der Waals surface area contributed by atoms with E-state index in [1.807, 2.05) is 44.2 Å². The molecule has 0 unspecified atom stereocenters. The Hall–Kier alpha value is -3.34. The number of carbonyl (C=O) groups excluding carboxylic acids is 3. The van der Waals surface area contributed by atoms with E-state index >= 15 is 0 Å². The molecular weight excluding hydrogens is 552 g/mol. The number of nitrogens with zero attached hydrogens (tertiary/aromatic N) is 1. The summed E-state index contributed by atoms with van der Waals surface area (Å²) in [5.41, 5.74) is 1.94. The molecule has 4 bridgehead atoms. The summed E-state index contributed by atoms with van der Waals surface area (Å²) in [6.45, 7) is 6.94. The van der Waals surface area contributed by atoms with Crippen molar-refractivity contribution in [2.75, 3.05) is 26.2 Å². The first-order valence-electron chi connectivity index (χ1n) is 13.4. The SMILES string of the molecule is COc1cc2cc(c1Cl)N(C)C(=O)C[C@H](OC(C)=O)[C@]1(C)O[C@H]1[C@H](C)[C@@H]1C=C(NC(=O)O1)[C@H](OC)/C=C/C=C(\C)C2. The smallest absolute Gasteiger partial charge is 0.412 e. The highest BCUT2D eigenvalue weighted by Crippen LogP contribution is 2.48. The van der Waals surface area contributed by atoms with Crippen LogP contribution in [0.4, 0.5) is 10.5 Å². The molecule has 0 spiro atoms. The van der Waals surface area contributed by atoms with Crippen LogP contribution in [0, 0.1) is 5.92 Å². The Balaban J connectivity index is 1.79. The molecule has 3 aliphatic heterocycles. The number of rotatable bonds is 3. The minimum Gasteiger partial charge on any atom is -0.495 e. The van der Waals surface area contributed by atoms with Gasteiger partial charge in [-0.3, -0.25) is 14.9 Å². The first-order valence-corrected chi connectivity index (χ1v) is 13.8. The number of esters is 1. The number of hydrogen-bond donors (Lipinski definition) is 1. The Morgan fingerprint density at radius 3 is 2.63 bits per heavy atom. The standard InChI is InChI=1S/C30H37ClN2O8/c1-16-9-8-10-22(37-6)20-14-23(40-29(36)32-20)17(2)28-30(4,41-28)25(39-18(3)34)15-26(35)33(5)21-12-19(11-16)13-24(38-7)27(21)31/h8-10,12-14,17,22-23,25,28H,11,15H2,1-7H3,(H,32,36)/b10-8+,16-9+/t17-,22-,23+,25+,28+,30+/m1/s1. The number of carbonyl (C=O) groups is 3. The predicted octanol–water partition coefficient (Wildman–Crippen LogP) is 4.49. The van der Waals surface area contributed by atoms with Crippen molar-refractivity contribution in [3.8, 4) is 5.75 Å². The van der Waals surface area contributed by atoms with Crippen LogP contribution in [-0.2, 0) is 35.0 Å². The molecule has 1 saturated heterocycles. The van der Waals surface area contributed by atoms with E-state index in [1.54, 1.807) is 27.2 Å². The number of anilines is 1. The second-order valence-corrected chi connectivity index (χ2v) is 11.2. The number of methoxy groups -OCH3 is 2. The molecule has 6 atom stereocenters. The van der Waals surface area contributed by atoms with Crippen LogP contribution in [0.15, 0.2) is 47.7 Å². The maximum absolute atomic E-state index is 13.6. The van der Waals surface area contributed by atoms with E-state index in [0.717, 1.165) is 11.1 Å². The molecule has 10 nitrogen and oxygen atoms in total. The van der Waals surface area contributed by atoms with Crippen LogP contribution in [0.5, 0.6) is 5.75 Å². The summed E-state index contributed by atoms with van der Waals surface area (Å²) in [7, 11) is 4.69. The van der Waals surface area contributed by atoms with Gasteiger partial charge in [-0.05, 0) is 50.1 Å². The van der Waals surface area contributed by atoms with Gasteiger partial charge in [0.2, 0.25) is 5.91 Å². The number of hydrogen-bond acceptors (Lipinski definition) is 8. The Morgan fingerprint density at radius 2 is 1.98 bits per heavy atom. The Kier molecular flexibility index (Phi) is 9.16. The molecule has 11 heteroatoms. The second-order valence-electron chi connectivity index (χ2n) is 10.8. The quantitative estimate of drug-likeness (QED) is 0.405. The van der Waals surface area contributed by atoms with E-state index < -0.39 is 42.1 Å². The van der Waals surface area contributed by atoms with Crippen molar-refractivity contribution in [3.63, 3.8) is 0 Å². The highest BCUT2D eigenvalue weighted by atomic mass is 35.5. The van der Waals surface area contributed by atoms with Crippen molar-refractivity contribution >= 4 is 35.3 Å². The lowest BCUT2D eigenvalue weighted by atomic mass is 9.87. The van der Waals surface area contributed by atoms with Gasteiger partial charge in [0.15, 0.2) is 0 Å². The number of epoxide rings is 1. The van der Waals surface area contributed by atoms with E-state index in [-0.39, 0.29) is 18.2 Å². The zero-order chi connectivity index (χ0) is 30.1. The fourth-order valence-electron chi connectivity index (χ4n) is 5.38. The highest BCUT2D eigenvalue weighted by molar-refractivity contribution is 6.35. The van der Waals surface area contributed by atoms with Crippen molar-refractivity contribution in [2.45, 2.75) is 70.6 Å². The average Bonchev–Trinajstić information content (AvgIpc) is 3.62. The number of benzene rings is 1. The molecule has 0 radical (unpaired) electrons. The normalized spacial score (nSPS) is 32.4. The second kappa shape index (κ2) is 12.3. The van der Waals surface area contributed by atoms with Crippen molar-refractivity contribution in [2.24, 2.45) is 5.92 Å². The molecule has 1 N–H and O–H groups in total. The summed E-state index contributed by atoms with van der Waals surface area (Å²) in [5.74, 6) is -0.758. The zero-order valence-corrected chi connectivity index (χ0v) is 25.1. The molecule has 0 saturated carbocycles. The van der Waals surface area contributed by atoms with Gasteiger partial charge in [-0.15, -0.1) is 0 Å². The predicted molar refractivity (Wildman–Crippen MR) is 153 cm³/mol. The van der Waals surface area contributed by atoms with Gasteiger partial charge in [0.25, 0.3) is 0 Å². The van der Waals surface area contributed by atoms with Crippen LogP contribution in [0.2, 0.25) is 5.02 Å². The summed E-state index contributed by atoms with van der Waals surface area (Å²) >= 11 is 6.65. The number of alkyl carbamates (subject to hydrolysis) is 1. The number of ether oxygens (including phenoxy) is 5. The van der Waals surface area contributed by atoms with Crippen LogP contribution in [0.3, 0.4) is 0 Å². The molecule has 0 aromatic heterocycles. The summed E-state index contributed by atoms with van der Waals surface area (Å²) < 4.78 is 28.5. The first-order chi connectivity index (χ1) is 19.4. The molecular formula is C30H37ClN2O8. The Labute approximate surface area is 245 Å². The van der Waals surface area contributed by atoms with Gasteiger partial charge in [-0.2, -0.15) is 0 Å². The van der Waals surface area contributed by atoms with Crippen LogP contribution in [0.1, 0.15) is 39.7 Å². The van der Waals surface area contributed by atoms with Crippen molar-refractivity contribution < 1.29 is 38.1 Å².